The van der Waals surface area contributed by atoms with Gasteiger partial charge in [0.2, 0.25) is 0 Å². The van der Waals surface area contributed by atoms with E-state index in [1.165, 1.54) is 96.9 Å². The van der Waals surface area contributed by atoms with Gasteiger partial charge < -0.3 is 30.0 Å². The number of likely N-dealkylation sites (tertiary alicyclic amines) is 2. The molecule has 2 aromatic rings. The second-order valence-electron chi connectivity index (χ2n) is 12.9. The van der Waals surface area contributed by atoms with Crippen LogP contribution in [0.5, 0.6) is 0 Å². The van der Waals surface area contributed by atoms with Gasteiger partial charge in [-0.05, 0) is 88.8 Å². The number of carbonyl (C=O) groups excluding carboxylic acids is 1. The summed E-state index contributed by atoms with van der Waals surface area (Å²) in [6, 6.07) is 1.09. The minimum Gasteiger partial charge on any atom is -0.347 e. The van der Waals surface area contributed by atoms with Crippen LogP contribution in [-0.2, 0) is 13.1 Å². The van der Waals surface area contributed by atoms with Crippen LogP contribution >= 0.6 is 0 Å². The Morgan fingerprint density at radius 2 is 1.54 bits per heavy atom. The molecule has 1 spiro atoms. The third-order valence-corrected chi connectivity index (χ3v) is 10.2. The number of H-pyrrole nitrogens is 2. The molecule has 6 rings (SSSR count). The van der Waals surface area contributed by atoms with E-state index >= 15 is 0 Å². The molecule has 9 nitrogen and oxygen atoms in total. The Bertz CT molecular complexity index is 966. The van der Waals surface area contributed by atoms with Crippen molar-refractivity contribution in [3.63, 3.8) is 0 Å². The van der Waals surface area contributed by atoms with Gasteiger partial charge in [0.25, 0.3) is 0 Å². The van der Waals surface area contributed by atoms with E-state index in [9.17, 15) is 4.79 Å². The van der Waals surface area contributed by atoms with Gasteiger partial charge in [0, 0.05) is 50.0 Å². The van der Waals surface area contributed by atoms with E-state index in [1.54, 1.807) is 29.7 Å². The molecule has 2 aliphatic carbocycles. The monoisotopic (exact) mass is 536 g/mol. The Morgan fingerprint density at radius 1 is 0.897 bits per heavy atom. The van der Waals surface area contributed by atoms with Crippen molar-refractivity contribution in [2.75, 3.05) is 32.7 Å². The zero-order valence-electron chi connectivity index (χ0n) is 23.6. The molecule has 9 heteroatoms. The zero-order chi connectivity index (χ0) is 26.5. The lowest BCUT2D eigenvalue weighted by Gasteiger charge is -2.44. The molecule has 2 amide bonds. The lowest BCUT2D eigenvalue weighted by molar-refractivity contribution is 0.0602. The van der Waals surface area contributed by atoms with Gasteiger partial charge >= 0.3 is 6.03 Å². The third kappa shape index (κ3) is 6.85. The van der Waals surface area contributed by atoms with Gasteiger partial charge in [-0.2, -0.15) is 0 Å². The van der Waals surface area contributed by atoms with Crippen molar-refractivity contribution in [1.82, 2.24) is 40.0 Å². The van der Waals surface area contributed by atoms with Crippen molar-refractivity contribution in [2.45, 2.75) is 102 Å². The molecule has 0 atom stereocenters. The molecule has 0 aromatic carbocycles. The highest BCUT2D eigenvalue weighted by Gasteiger charge is 2.42. The van der Waals surface area contributed by atoms with E-state index in [0.29, 0.717) is 18.5 Å². The van der Waals surface area contributed by atoms with Gasteiger partial charge in [-0.15, -0.1) is 0 Å². The lowest BCUT2D eigenvalue weighted by atomic mass is 9.77. The minimum absolute atomic E-state index is 0.0349. The highest BCUT2D eigenvalue weighted by Crippen LogP contribution is 2.42. The maximum Gasteiger partial charge on any atom is 0.318 e. The summed E-state index contributed by atoms with van der Waals surface area (Å²) in [6.07, 6.45) is 23.0. The topological polar surface area (TPSA) is 96.2 Å². The molecule has 2 aromatic heterocycles. The Hall–Kier alpha value is -2.39. The maximum absolute atomic E-state index is 13.2. The summed E-state index contributed by atoms with van der Waals surface area (Å²) in [6.45, 7) is 7.39. The quantitative estimate of drug-likeness (QED) is 0.461. The number of piperidine rings is 1. The van der Waals surface area contributed by atoms with Gasteiger partial charge in [-0.25, -0.2) is 14.8 Å². The van der Waals surface area contributed by atoms with Crippen LogP contribution in [-0.4, -0.2) is 85.5 Å². The number of hydrogen-bond acceptors (Lipinski definition) is 5. The van der Waals surface area contributed by atoms with Crippen LogP contribution in [0.2, 0.25) is 0 Å². The number of aromatic nitrogens is 4. The Kier molecular flexibility index (Phi) is 8.54. The summed E-state index contributed by atoms with van der Waals surface area (Å²) in [4.78, 5) is 35.5. The molecule has 0 radical (unpaired) electrons. The molecule has 214 valence electrons. The van der Waals surface area contributed by atoms with Crippen molar-refractivity contribution in [1.29, 1.82) is 0 Å². The van der Waals surface area contributed by atoms with Gasteiger partial charge in [-0.3, -0.25) is 0 Å². The summed E-state index contributed by atoms with van der Waals surface area (Å²) >= 11 is 0. The number of nitrogens with zero attached hydrogens (tertiary/aromatic N) is 5. The standard InChI is InChI=1S/C30H48N8O/c39-29(38(21-27-31-13-14-32-27)22-28-33-15-16-34-28)35-25-8-6-24(7-9-25)20-36-17-10-30(23-36)11-18-37(19-12-30)26-4-2-1-3-5-26/h13-16,24-26H,1-12,17-23H2,(H,31,32)(H,33,34)(H,35,39)/t24-,25-. The Morgan fingerprint density at radius 3 is 2.15 bits per heavy atom. The predicted octanol–water partition coefficient (Wildman–Crippen LogP) is 4.52. The van der Waals surface area contributed by atoms with E-state index in [4.69, 9.17) is 0 Å². The molecule has 2 saturated heterocycles. The molecular formula is C30H48N8O. The van der Waals surface area contributed by atoms with Gasteiger partial charge in [0.1, 0.15) is 11.6 Å². The second-order valence-corrected chi connectivity index (χ2v) is 12.9. The normalized spacial score (nSPS) is 26.7. The second kappa shape index (κ2) is 12.4. The minimum atomic E-state index is -0.0349. The van der Waals surface area contributed by atoms with Crippen molar-refractivity contribution in [2.24, 2.45) is 11.3 Å². The predicted molar refractivity (Wildman–Crippen MR) is 152 cm³/mol. The molecule has 2 aliphatic heterocycles. The number of amides is 2. The first-order valence-corrected chi connectivity index (χ1v) is 15.6. The van der Waals surface area contributed by atoms with Crippen LogP contribution in [0.25, 0.3) is 0 Å². The molecule has 4 aliphatic rings. The lowest BCUT2D eigenvalue weighted by Crippen LogP contribution is -2.47. The van der Waals surface area contributed by atoms with Gasteiger partial charge in [-0.1, -0.05) is 19.3 Å². The fraction of sp³-hybridized carbons (Fsp3) is 0.767. The fourth-order valence-corrected chi connectivity index (χ4v) is 7.85. The number of hydrogen-bond donors (Lipinski definition) is 3. The molecule has 39 heavy (non-hydrogen) atoms. The van der Waals surface area contributed by atoms with E-state index < -0.39 is 0 Å². The van der Waals surface area contributed by atoms with Crippen LogP contribution in [0.1, 0.15) is 88.7 Å². The number of urea groups is 1. The van der Waals surface area contributed by atoms with Crippen LogP contribution in [0.3, 0.4) is 0 Å². The van der Waals surface area contributed by atoms with Crippen LogP contribution in [0.4, 0.5) is 4.79 Å². The SMILES string of the molecule is O=C(N[C@H]1CC[C@H](CN2CCC3(CCN(C4CCCCC4)CC3)C2)CC1)N(Cc1ncc[nH]1)Cc1ncc[nH]1. The molecule has 3 N–H and O–H groups in total. The molecular weight excluding hydrogens is 488 g/mol. The van der Waals surface area contributed by atoms with Crippen molar-refractivity contribution >= 4 is 6.03 Å². The maximum atomic E-state index is 13.2. The third-order valence-electron chi connectivity index (χ3n) is 10.2. The summed E-state index contributed by atoms with van der Waals surface area (Å²) < 4.78 is 0. The number of rotatable bonds is 8. The molecule has 4 fully saturated rings. The summed E-state index contributed by atoms with van der Waals surface area (Å²) in [5, 5.41) is 3.32. The number of nitrogens with one attached hydrogen (secondary N) is 3. The highest BCUT2D eigenvalue weighted by atomic mass is 16.2. The van der Waals surface area contributed by atoms with E-state index in [1.807, 2.05) is 0 Å². The van der Waals surface area contributed by atoms with Gasteiger partial charge in [0.15, 0.2) is 0 Å². The summed E-state index contributed by atoms with van der Waals surface area (Å²) in [5.41, 5.74) is 0.585. The number of aromatic amines is 2. The Balaban J connectivity index is 0.932. The number of carbonyl (C=O) groups is 1. The molecule has 0 bridgehead atoms. The average molecular weight is 537 g/mol. The van der Waals surface area contributed by atoms with Crippen LogP contribution < -0.4 is 5.32 Å². The smallest absolute Gasteiger partial charge is 0.318 e. The fourth-order valence-electron chi connectivity index (χ4n) is 7.85. The number of imidazole rings is 2. The van der Waals surface area contributed by atoms with Crippen LogP contribution in [0.15, 0.2) is 24.8 Å². The van der Waals surface area contributed by atoms with Crippen molar-refractivity contribution in [3.05, 3.63) is 36.4 Å². The van der Waals surface area contributed by atoms with Gasteiger partial charge in [0.05, 0.1) is 13.1 Å². The van der Waals surface area contributed by atoms with E-state index in [0.717, 1.165) is 36.5 Å². The van der Waals surface area contributed by atoms with Crippen molar-refractivity contribution < 1.29 is 4.79 Å². The van der Waals surface area contributed by atoms with E-state index in [2.05, 4.69) is 35.1 Å². The Labute approximate surface area is 233 Å². The highest BCUT2D eigenvalue weighted by molar-refractivity contribution is 5.74. The van der Waals surface area contributed by atoms with Crippen LogP contribution in [0, 0.1) is 11.3 Å². The largest absolute Gasteiger partial charge is 0.347 e. The summed E-state index contributed by atoms with van der Waals surface area (Å²) in [7, 11) is 0. The first kappa shape index (κ1) is 26.8. The average Bonchev–Trinajstić information content (AvgIpc) is 3.75. The zero-order valence-corrected chi connectivity index (χ0v) is 23.6. The van der Waals surface area contributed by atoms with Crippen molar-refractivity contribution in [3.8, 4) is 0 Å². The molecule has 4 heterocycles. The van der Waals surface area contributed by atoms with E-state index in [-0.39, 0.29) is 12.1 Å². The first-order chi connectivity index (χ1) is 19.1. The molecule has 2 saturated carbocycles. The molecule has 0 unspecified atom stereocenters. The summed E-state index contributed by atoms with van der Waals surface area (Å²) in [5.74, 6) is 2.32. The first-order valence-electron chi connectivity index (χ1n) is 15.6.